The largest absolute Gasteiger partial charge is 0.368 e. The van der Waals surface area contributed by atoms with Crippen molar-refractivity contribution in [2.45, 2.75) is 19.4 Å². The van der Waals surface area contributed by atoms with Crippen molar-refractivity contribution in [2.75, 3.05) is 0 Å². The molecule has 1 aromatic heterocycles. The molecule has 1 aromatic rings. The lowest BCUT2D eigenvalue weighted by Gasteiger charge is -2.22. The molecule has 0 saturated heterocycles. The van der Waals surface area contributed by atoms with Gasteiger partial charge in [-0.1, -0.05) is 11.6 Å². The Morgan fingerprint density at radius 1 is 1.53 bits per heavy atom. The molecule has 102 valence electrons. The highest BCUT2D eigenvalue weighted by Crippen LogP contribution is 2.19. The van der Waals surface area contributed by atoms with Gasteiger partial charge in [0.15, 0.2) is 0 Å². The summed E-state index contributed by atoms with van der Waals surface area (Å²) < 4.78 is 0. The summed E-state index contributed by atoms with van der Waals surface area (Å²) in [5.41, 5.74) is 3.20. The highest BCUT2D eigenvalue weighted by atomic mass is 35.5. The van der Waals surface area contributed by atoms with Crippen LogP contribution in [0.15, 0.2) is 12.3 Å². The number of amides is 2. The Bertz CT molecular complexity index is 558. The molecule has 0 bridgehead atoms. The maximum absolute atomic E-state index is 11.9. The van der Waals surface area contributed by atoms with Gasteiger partial charge in [-0.2, -0.15) is 0 Å². The molecule has 8 nitrogen and oxygen atoms in total. The number of nitrogens with zero attached hydrogens (tertiary/aromatic N) is 2. The average molecular weight is 287 g/mol. The SMILES string of the molecule is CC(C)(NC(=O)c1cc([N+](=O)[O-])cnc1Cl)C(N)=O. The number of nitrogens with two attached hydrogens (primary N) is 1. The van der Waals surface area contributed by atoms with Crippen molar-refractivity contribution in [2.24, 2.45) is 5.73 Å². The molecule has 19 heavy (non-hydrogen) atoms. The minimum Gasteiger partial charge on any atom is -0.368 e. The molecule has 0 atom stereocenters. The molecule has 0 saturated carbocycles. The van der Waals surface area contributed by atoms with Crippen LogP contribution in [0.3, 0.4) is 0 Å². The summed E-state index contributed by atoms with van der Waals surface area (Å²) in [5, 5.41) is 12.7. The quantitative estimate of drug-likeness (QED) is 0.477. The molecular formula is C10H11ClN4O4. The molecule has 0 aliphatic carbocycles. The van der Waals surface area contributed by atoms with Crippen LogP contribution in [0.25, 0.3) is 0 Å². The number of nitro groups is 1. The fourth-order valence-electron chi connectivity index (χ4n) is 1.11. The van der Waals surface area contributed by atoms with Gasteiger partial charge in [-0.3, -0.25) is 19.7 Å². The Labute approximate surface area is 113 Å². The number of carbonyl (C=O) groups excluding carboxylic acids is 2. The molecule has 0 spiro atoms. The maximum Gasteiger partial charge on any atom is 0.288 e. The smallest absolute Gasteiger partial charge is 0.288 e. The molecule has 9 heteroatoms. The summed E-state index contributed by atoms with van der Waals surface area (Å²) in [7, 11) is 0. The van der Waals surface area contributed by atoms with Crippen LogP contribution in [-0.4, -0.2) is 27.3 Å². The van der Waals surface area contributed by atoms with Gasteiger partial charge in [-0.05, 0) is 13.8 Å². The van der Waals surface area contributed by atoms with Crippen LogP contribution in [0.5, 0.6) is 0 Å². The summed E-state index contributed by atoms with van der Waals surface area (Å²) in [6.45, 7) is 2.79. The van der Waals surface area contributed by atoms with Crippen molar-refractivity contribution in [1.29, 1.82) is 0 Å². The molecular weight excluding hydrogens is 276 g/mol. The van der Waals surface area contributed by atoms with E-state index in [4.69, 9.17) is 17.3 Å². The van der Waals surface area contributed by atoms with E-state index in [-0.39, 0.29) is 16.4 Å². The van der Waals surface area contributed by atoms with Gasteiger partial charge in [-0.15, -0.1) is 0 Å². The molecule has 3 N–H and O–H groups in total. The summed E-state index contributed by atoms with van der Waals surface area (Å²) in [6, 6.07) is 0.974. The Morgan fingerprint density at radius 3 is 2.58 bits per heavy atom. The van der Waals surface area contributed by atoms with Gasteiger partial charge in [0.25, 0.3) is 11.6 Å². The zero-order valence-electron chi connectivity index (χ0n) is 10.1. The maximum atomic E-state index is 11.9. The lowest BCUT2D eigenvalue weighted by molar-refractivity contribution is -0.385. The molecule has 1 rings (SSSR count). The normalized spacial score (nSPS) is 10.9. The zero-order chi connectivity index (χ0) is 14.8. The minimum absolute atomic E-state index is 0.204. The Balaban J connectivity index is 3.09. The first-order valence-corrected chi connectivity index (χ1v) is 5.45. The lowest BCUT2D eigenvalue weighted by Crippen LogP contribution is -2.53. The van der Waals surface area contributed by atoms with Gasteiger partial charge in [0.1, 0.15) is 16.9 Å². The van der Waals surface area contributed by atoms with Gasteiger partial charge in [0.2, 0.25) is 5.91 Å². The van der Waals surface area contributed by atoms with E-state index in [9.17, 15) is 19.7 Å². The van der Waals surface area contributed by atoms with E-state index >= 15 is 0 Å². The van der Waals surface area contributed by atoms with E-state index in [1.165, 1.54) is 13.8 Å². The summed E-state index contributed by atoms with van der Waals surface area (Å²) in [4.78, 5) is 36.4. The van der Waals surface area contributed by atoms with E-state index in [0.717, 1.165) is 12.3 Å². The van der Waals surface area contributed by atoms with E-state index in [0.29, 0.717) is 0 Å². The third-order valence-corrected chi connectivity index (χ3v) is 2.62. The lowest BCUT2D eigenvalue weighted by atomic mass is 10.0. The van der Waals surface area contributed by atoms with Crippen LogP contribution in [0.2, 0.25) is 5.15 Å². The number of halogens is 1. The van der Waals surface area contributed by atoms with E-state index in [1.54, 1.807) is 0 Å². The fourth-order valence-corrected chi connectivity index (χ4v) is 1.30. The predicted molar refractivity (Wildman–Crippen MR) is 66.6 cm³/mol. The molecule has 0 aliphatic rings. The first-order chi connectivity index (χ1) is 8.65. The monoisotopic (exact) mass is 286 g/mol. The van der Waals surface area contributed by atoms with E-state index in [2.05, 4.69) is 10.3 Å². The predicted octanol–water partition coefficient (Wildman–Crippen LogP) is 0.637. The first kappa shape index (κ1) is 14.8. The second kappa shape index (κ2) is 5.19. The standard InChI is InChI=1S/C10H11ClN4O4/c1-10(2,9(12)17)14-8(16)6-3-5(15(18)19)4-13-7(6)11/h3-4H,1-2H3,(H2,12,17)(H,14,16). The molecule has 0 aromatic carbocycles. The van der Waals surface area contributed by atoms with Crippen LogP contribution in [0.1, 0.15) is 24.2 Å². The molecule has 0 radical (unpaired) electrons. The van der Waals surface area contributed by atoms with Crippen LogP contribution in [0, 0.1) is 10.1 Å². The number of hydrogen-bond donors (Lipinski definition) is 2. The number of primary amides is 1. The first-order valence-electron chi connectivity index (χ1n) is 5.07. The van der Waals surface area contributed by atoms with Crippen molar-refractivity contribution in [3.05, 3.63) is 33.1 Å². The van der Waals surface area contributed by atoms with Crippen molar-refractivity contribution < 1.29 is 14.5 Å². The van der Waals surface area contributed by atoms with Gasteiger partial charge < -0.3 is 11.1 Å². The Hall–Kier alpha value is -2.22. The number of nitrogens with one attached hydrogen (secondary N) is 1. The fraction of sp³-hybridized carbons (Fsp3) is 0.300. The van der Waals surface area contributed by atoms with Crippen molar-refractivity contribution in [1.82, 2.24) is 10.3 Å². The van der Waals surface area contributed by atoms with Crippen LogP contribution < -0.4 is 11.1 Å². The van der Waals surface area contributed by atoms with Gasteiger partial charge in [0.05, 0.1) is 10.5 Å². The zero-order valence-corrected chi connectivity index (χ0v) is 10.9. The highest BCUT2D eigenvalue weighted by Gasteiger charge is 2.29. The molecule has 0 fully saturated rings. The van der Waals surface area contributed by atoms with Gasteiger partial charge in [-0.25, -0.2) is 4.98 Å². The van der Waals surface area contributed by atoms with Crippen molar-refractivity contribution >= 4 is 29.1 Å². The number of carbonyl (C=O) groups is 2. The number of pyridine rings is 1. The third-order valence-electron chi connectivity index (χ3n) is 2.32. The van der Waals surface area contributed by atoms with Crippen molar-refractivity contribution in [3.63, 3.8) is 0 Å². The van der Waals surface area contributed by atoms with Gasteiger partial charge in [0, 0.05) is 6.07 Å². The molecule has 0 aliphatic heterocycles. The van der Waals surface area contributed by atoms with Crippen LogP contribution in [0.4, 0.5) is 5.69 Å². The highest BCUT2D eigenvalue weighted by molar-refractivity contribution is 6.32. The molecule has 0 unspecified atom stereocenters. The molecule has 2 amide bonds. The van der Waals surface area contributed by atoms with E-state index < -0.39 is 22.3 Å². The topological polar surface area (TPSA) is 128 Å². The second-order valence-electron chi connectivity index (χ2n) is 4.23. The van der Waals surface area contributed by atoms with Gasteiger partial charge >= 0.3 is 0 Å². The minimum atomic E-state index is -1.31. The second-order valence-corrected chi connectivity index (χ2v) is 4.59. The Morgan fingerprint density at radius 2 is 2.11 bits per heavy atom. The van der Waals surface area contributed by atoms with Crippen molar-refractivity contribution in [3.8, 4) is 0 Å². The molecule has 1 heterocycles. The average Bonchev–Trinajstić information content (AvgIpc) is 2.28. The summed E-state index contributed by atoms with van der Waals surface area (Å²) in [6.07, 6.45) is 0.929. The number of aromatic nitrogens is 1. The summed E-state index contributed by atoms with van der Waals surface area (Å²) >= 11 is 5.69. The Kier molecular flexibility index (Phi) is 4.05. The number of hydrogen-bond acceptors (Lipinski definition) is 5. The summed E-state index contributed by atoms with van der Waals surface area (Å²) in [5.74, 6) is -1.53. The number of rotatable bonds is 4. The van der Waals surface area contributed by atoms with E-state index in [1.807, 2.05) is 0 Å². The van der Waals surface area contributed by atoms with Crippen LogP contribution >= 0.6 is 11.6 Å². The van der Waals surface area contributed by atoms with Crippen LogP contribution in [-0.2, 0) is 4.79 Å². The third kappa shape index (κ3) is 3.38.